The molecule has 2 heteroatoms. The molecule has 0 aliphatic heterocycles. The van der Waals surface area contributed by atoms with E-state index in [1.165, 1.54) is 0 Å². The summed E-state index contributed by atoms with van der Waals surface area (Å²) in [5.74, 6) is 0.752. The average molecular weight is 185 g/mol. The van der Waals surface area contributed by atoms with Crippen molar-refractivity contribution in [1.82, 2.24) is 0 Å². The monoisotopic (exact) mass is 185 g/mol. The summed E-state index contributed by atoms with van der Waals surface area (Å²) in [6, 6.07) is 0. The van der Waals surface area contributed by atoms with E-state index in [0.29, 0.717) is 18.4 Å². The number of hydrogen-bond acceptors (Lipinski definition) is 2. The second-order valence-corrected chi connectivity index (χ2v) is 4.51. The molecule has 78 valence electrons. The van der Waals surface area contributed by atoms with Gasteiger partial charge in [0, 0.05) is 5.92 Å². The van der Waals surface area contributed by atoms with Gasteiger partial charge >= 0.3 is 0 Å². The van der Waals surface area contributed by atoms with Crippen molar-refractivity contribution in [1.29, 1.82) is 0 Å². The van der Waals surface area contributed by atoms with E-state index in [0.717, 1.165) is 32.1 Å². The fraction of sp³-hybridized carbons (Fsp3) is 1.00. The number of hydrogen-bond donors (Lipinski definition) is 2. The molecule has 0 bridgehead atoms. The maximum atomic E-state index is 10.5. The lowest BCUT2D eigenvalue weighted by atomic mass is 9.77. The second-order valence-electron chi connectivity index (χ2n) is 4.51. The molecule has 1 aliphatic carbocycles. The van der Waals surface area contributed by atoms with Crippen LogP contribution in [0.3, 0.4) is 0 Å². The van der Waals surface area contributed by atoms with Crippen LogP contribution in [0.2, 0.25) is 0 Å². The summed E-state index contributed by atoms with van der Waals surface area (Å²) in [5, 5.41) is 10.5. The smallest absolute Gasteiger partial charge is 0.0713 e. The maximum Gasteiger partial charge on any atom is 0.0713 e. The summed E-state index contributed by atoms with van der Waals surface area (Å²) in [5.41, 5.74) is 5.27. The standard InChI is InChI=1S/C11H23NO/c1-3-5-10(8-12)11(13)7-4-6-9(11)2/h9-10,13H,3-8,12H2,1-2H3. The summed E-state index contributed by atoms with van der Waals surface area (Å²) in [7, 11) is 0. The lowest BCUT2D eigenvalue weighted by Crippen LogP contribution is -2.44. The molecule has 1 rings (SSSR count). The first-order valence-corrected chi connectivity index (χ1v) is 5.57. The zero-order chi connectivity index (χ0) is 9.90. The zero-order valence-electron chi connectivity index (χ0n) is 8.92. The van der Waals surface area contributed by atoms with Crippen molar-refractivity contribution in [2.24, 2.45) is 17.6 Å². The Morgan fingerprint density at radius 3 is 2.69 bits per heavy atom. The van der Waals surface area contributed by atoms with Crippen molar-refractivity contribution in [2.45, 2.75) is 51.6 Å². The van der Waals surface area contributed by atoms with Gasteiger partial charge in [-0.15, -0.1) is 0 Å². The molecule has 1 saturated carbocycles. The Balaban J connectivity index is 2.64. The first kappa shape index (κ1) is 11.0. The quantitative estimate of drug-likeness (QED) is 0.703. The van der Waals surface area contributed by atoms with E-state index in [9.17, 15) is 5.11 Å². The Hall–Kier alpha value is -0.0800. The van der Waals surface area contributed by atoms with Crippen LogP contribution in [0, 0.1) is 11.8 Å². The van der Waals surface area contributed by atoms with Crippen molar-refractivity contribution in [3.05, 3.63) is 0 Å². The average Bonchev–Trinajstić information content (AvgIpc) is 2.44. The number of aliphatic hydroxyl groups is 1. The SMILES string of the molecule is CCCC(CN)C1(O)CCCC1C. The van der Waals surface area contributed by atoms with Crippen LogP contribution < -0.4 is 5.73 Å². The van der Waals surface area contributed by atoms with E-state index >= 15 is 0 Å². The Morgan fingerprint density at radius 2 is 2.31 bits per heavy atom. The predicted octanol–water partition coefficient (Wildman–Crippen LogP) is 1.91. The molecule has 3 atom stereocenters. The first-order chi connectivity index (χ1) is 6.15. The molecule has 1 fully saturated rings. The van der Waals surface area contributed by atoms with Crippen LogP contribution >= 0.6 is 0 Å². The first-order valence-electron chi connectivity index (χ1n) is 5.57. The summed E-state index contributed by atoms with van der Waals surface area (Å²) >= 11 is 0. The zero-order valence-corrected chi connectivity index (χ0v) is 8.92. The van der Waals surface area contributed by atoms with Crippen LogP contribution in [0.4, 0.5) is 0 Å². The van der Waals surface area contributed by atoms with Gasteiger partial charge in [-0.2, -0.15) is 0 Å². The normalized spacial score (nSPS) is 36.5. The van der Waals surface area contributed by atoms with Gasteiger partial charge in [0.2, 0.25) is 0 Å². The van der Waals surface area contributed by atoms with Crippen LogP contribution in [0.15, 0.2) is 0 Å². The second kappa shape index (κ2) is 4.43. The van der Waals surface area contributed by atoms with Crippen LogP contribution in [0.25, 0.3) is 0 Å². The van der Waals surface area contributed by atoms with E-state index in [1.54, 1.807) is 0 Å². The number of nitrogens with two attached hydrogens (primary N) is 1. The highest BCUT2D eigenvalue weighted by atomic mass is 16.3. The van der Waals surface area contributed by atoms with Gasteiger partial charge in [0.15, 0.2) is 0 Å². The van der Waals surface area contributed by atoms with Gasteiger partial charge in [-0.25, -0.2) is 0 Å². The lowest BCUT2D eigenvalue weighted by molar-refractivity contribution is -0.0462. The summed E-state index contributed by atoms with van der Waals surface area (Å²) in [4.78, 5) is 0. The third kappa shape index (κ3) is 2.05. The molecule has 13 heavy (non-hydrogen) atoms. The largest absolute Gasteiger partial charge is 0.389 e. The minimum absolute atomic E-state index is 0.315. The molecular weight excluding hydrogens is 162 g/mol. The predicted molar refractivity (Wildman–Crippen MR) is 55.4 cm³/mol. The topological polar surface area (TPSA) is 46.2 Å². The molecule has 0 spiro atoms. The molecule has 3 unspecified atom stereocenters. The molecule has 0 aromatic heterocycles. The molecule has 2 nitrogen and oxygen atoms in total. The van der Waals surface area contributed by atoms with Gasteiger partial charge in [0.05, 0.1) is 5.60 Å². The molecule has 0 amide bonds. The molecule has 0 aromatic carbocycles. The van der Waals surface area contributed by atoms with E-state index in [2.05, 4.69) is 13.8 Å². The fourth-order valence-electron chi connectivity index (χ4n) is 2.71. The lowest BCUT2D eigenvalue weighted by Gasteiger charge is -2.35. The van der Waals surface area contributed by atoms with Crippen LogP contribution in [0.1, 0.15) is 46.0 Å². The fourth-order valence-corrected chi connectivity index (χ4v) is 2.71. The highest BCUT2D eigenvalue weighted by molar-refractivity contribution is 4.95. The van der Waals surface area contributed by atoms with Gasteiger partial charge in [0.1, 0.15) is 0 Å². The summed E-state index contributed by atoms with van der Waals surface area (Å²) in [6.45, 7) is 4.95. The van der Waals surface area contributed by atoms with Crippen molar-refractivity contribution in [3.63, 3.8) is 0 Å². The third-order valence-corrected chi connectivity index (χ3v) is 3.70. The maximum absolute atomic E-state index is 10.5. The van der Waals surface area contributed by atoms with E-state index < -0.39 is 5.60 Å². The molecule has 0 saturated heterocycles. The van der Waals surface area contributed by atoms with Gasteiger partial charge in [-0.1, -0.05) is 26.7 Å². The summed E-state index contributed by atoms with van der Waals surface area (Å²) in [6.07, 6.45) is 5.47. The van der Waals surface area contributed by atoms with Gasteiger partial charge in [-0.3, -0.25) is 0 Å². The minimum atomic E-state index is -0.454. The Morgan fingerprint density at radius 1 is 1.62 bits per heavy atom. The van der Waals surface area contributed by atoms with Crippen molar-refractivity contribution in [2.75, 3.05) is 6.54 Å². The van der Waals surface area contributed by atoms with Crippen LogP contribution in [-0.4, -0.2) is 17.3 Å². The van der Waals surface area contributed by atoms with E-state index in [1.807, 2.05) is 0 Å². The van der Waals surface area contributed by atoms with Crippen molar-refractivity contribution < 1.29 is 5.11 Å². The molecule has 3 N–H and O–H groups in total. The highest BCUT2D eigenvalue weighted by Gasteiger charge is 2.43. The minimum Gasteiger partial charge on any atom is -0.389 e. The van der Waals surface area contributed by atoms with Crippen LogP contribution in [-0.2, 0) is 0 Å². The molecular formula is C11H23NO. The molecule has 0 radical (unpaired) electrons. The molecule has 0 heterocycles. The van der Waals surface area contributed by atoms with Gasteiger partial charge < -0.3 is 10.8 Å². The Bertz CT molecular complexity index is 160. The van der Waals surface area contributed by atoms with Gasteiger partial charge in [0.25, 0.3) is 0 Å². The van der Waals surface area contributed by atoms with E-state index in [-0.39, 0.29) is 0 Å². The Kier molecular flexibility index (Phi) is 3.74. The van der Waals surface area contributed by atoms with Crippen molar-refractivity contribution in [3.8, 4) is 0 Å². The molecule has 1 aliphatic rings. The Labute approximate surface area is 81.5 Å². The third-order valence-electron chi connectivity index (χ3n) is 3.70. The van der Waals surface area contributed by atoms with E-state index in [4.69, 9.17) is 5.73 Å². The summed E-state index contributed by atoms with van der Waals surface area (Å²) < 4.78 is 0. The van der Waals surface area contributed by atoms with Crippen molar-refractivity contribution >= 4 is 0 Å². The number of rotatable bonds is 4. The van der Waals surface area contributed by atoms with Crippen LogP contribution in [0.5, 0.6) is 0 Å². The highest BCUT2D eigenvalue weighted by Crippen LogP contribution is 2.41. The molecule has 0 aromatic rings. The van der Waals surface area contributed by atoms with Gasteiger partial charge in [-0.05, 0) is 31.7 Å².